The van der Waals surface area contributed by atoms with Crippen molar-refractivity contribution in [1.29, 1.82) is 0 Å². The van der Waals surface area contributed by atoms with Crippen LogP contribution in [0.5, 0.6) is 0 Å². The first kappa shape index (κ1) is 9.35. The van der Waals surface area contributed by atoms with Crippen molar-refractivity contribution < 1.29 is 0 Å². The van der Waals surface area contributed by atoms with E-state index in [4.69, 9.17) is 12.2 Å². The van der Waals surface area contributed by atoms with E-state index in [1.807, 2.05) is 16.8 Å². The highest BCUT2D eigenvalue weighted by Crippen LogP contribution is 1.92. The van der Waals surface area contributed by atoms with Crippen molar-refractivity contribution >= 4 is 12.2 Å². The summed E-state index contributed by atoms with van der Waals surface area (Å²) in [5.41, 5.74) is 0. The second kappa shape index (κ2) is 4.33. The highest BCUT2D eigenvalue weighted by atomic mass is 32.1. The van der Waals surface area contributed by atoms with Gasteiger partial charge in [0, 0.05) is 12.4 Å². The second-order valence-corrected chi connectivity index (χ2v) is 3.05. The second-order valence-electron chi connectivity index (χ2n) is 2.69. The van der Waals surface area contributed by atoms with Crippen LogP contribution in [0.1, 0.15) is 6.92 Å². The average molecular weight is 183 g/mol. The highest BCUT2D eigenvalue weighted by Gasteiger charge is 1.95. The molecule has 0 aliphatic carbocycles. The van der Waals surface area contributed by atoms with Gasteiger partial charge in [-0.3, -0.25) is 4.90 Å². The third kappa shape index (κ3) is 2.39. The van der Waals surface area contributed by atoms with Crippen LogP contribution in [0.25, 0.3) is 0 Å². The summed E-state index contributed by atoms with van der Waals surface area (Å²) in [7, 11) is 2.05. The van der Waals surface area contributed by atoms with Crippen LogP contribution in [0.4, 0.5) is 0 Å². The van der Waals surface area contributed by atoms with Crippen molar-refractivity contribution in [3.8, 4) is 0 Å². The molecule has 0 saturated heterocycles. The van der Waals surface area contributed by atoms with E-state index in [-0.39, 0.29) is 0 Å². The van der Waals surface area contributed by atoms with Gasteiger partial charge in [0.05, 0.1) is 6.67 Å². The van der Waals surface area contributed by atoms with Crippen LogP contribution in [0.3, 0.4) is 0 Å². The molecule has 66 valence electrons. The number of hydrogen-bond donors (Lipinski definition) is 0. The lowest BCUT2D eigenvalue weighted by Gasteiger charge is -2.15. The number of nitrogens with zero attached hydrogens (tertiary/aromatic N) is 3. The smallest absolute Gasteiger partial charge is 0.200 e. The molecule has 0 bridgehead atoms. The molecule has 0 atom stereocenters. The summed E-state index contributed by atoms with van der Waals surface area (Å²) >= 11 is 5.04. The third-order valence-electron chi connectivity index (χ3n) is 1.72. The van der Waals surface area contributed by atoms with E-state index in [9.17, 15) is 0 Å². The van der Waals surface area contributed by atoms with Crippen LogP contribution in [0, 0.1) is 4.77 Å². The predicted molar refractivity (Wildman–Crippen MR) is 51.4 cm³/mol. The molecule has 0 N–H and O–H groups in total. The lowest BCUT2D eigenvalue weighted by Crippen LogP contribution is -2.22. The molecular formula is C8H13N3S. The van der Waals surface area contributed by atoms with Crippen LogP contribution in [-0.2, 0) is 6.67 Å². The Morgan fingerprint density at radius 1 is 1.67 bits per heavy atom. The van der Waals surface area contributed by atoms with E-state index >= 15 is 0 Å². The Morgan fingerprint density at radius 2 is 2.42 bits per heavy atom. The summed E-state index contributed by atoms with van der Waals surface area (Å²) in [5, 5.41) is 0. The summed E-state index contributed by atoms with van der Waals surface area (Å²) in [4.78, 5) is 6.18. The van der Waals surface area contributed by atoms with Gasteiger partial charge in [-0.1, -0.05) is 6.92 Å². The van der Waals surface area contributed by atoms with E-state index in [1.165, 1.54) is 0 Å². The zero-order chi connectivity index (χ0) is 8.97. The van der Waals surface area contributed by atoms with Crippen LogP contribution in [0.2, 0.25) is 0 Å². The van der Waals surface area contributed by atoms with Crippen molar-refractivity contribution in [2.24, 2.45) is 0 Å². The summed E-state index contributed by atoms with van der Waals surface area (Å²) < 4.78 is 2.58. The van der Waals surface area contributed by atoms with Gasteiger partial charge in [0.2, 0.25) is 4.77 Å². The first-order valence-electron chi connectivity index (χ1n) is 3.94. The molecule has 0 amide bonds. The first-order valence-corrected chi connectivity index (χ1v) is 4.35. The van der Waals surface area contributed by atoms with Crippen molar-refractivity contribution in [3.05, 3.63) is 23.2 Å². The van der Waals surface area contributed by atoms with Gasteiger partial charge in [-0.15, -0.1) is 0 Å². The lowest BCUT2D eigenvalue weighted by atomic mass is 10.6. The van der Waals surface area contributed by atoms with Gasteiger partial charge in [0.1, 0.15) is 0 Å². The molecule has 0 aliphatic rings. The minimum atomic E-state index is 0.637. The molecule has 0 unspecified atom stereocenters. The van der Waals surface area contributed by atoms with Gasteiger partial charge < -0.3 is 4.57 Å². The molecule has 0 aliphatic heterocycles. The minimum Gasteiger partial charge on any atom is -0.310 e. The quantitative estimate of drug-likeness (QED) is 0.663. The van der Waals surface area contributed by atoms with Gasteiger partial charge in [-0.25, -0.2) is 4.98 Å². The van der Waals surface area contributed by atoms with Gasteiger partial charge in [0.25, 0.3) is 0 Å². The molecule has 1 aromatic heterocycles. The van der Waals surface area contributed by atoms with Crippen LogP contribution in [0.15, 0.2) is 18.5 Å². The van der Waals surface area contributed by atoms with E-state index < -0.39 is 0 Å². The van der Waals surface area contributed by atoms with E-state index in [1.54, 1.807) is 6.20 Å². The standard InChI is InChI=1S/C8H13N3S/c1-3-10(2)7-11-6-4-5-9-8(11)12/h4-6H,3,7H2,1-2H3. The van der Waals surface area contributed by atoms with Crippen molar-refractivity contribution in [2.45, 2.75) is 13.6 Å². The fourth-order valence-electron chi connectivity index (χ4n) is 0.855. The zero-order valence-electron chi connectivity index (χ0n) is 7.40. The number of rotatable bonds is 3. The molecule has 1 heterocycles. The predicted octanol–water partition coefficient (Wildman–Crippen LogP) is 1.52. The van der Waals surface area contributed by atoms with Gasteiger partial charge >= 0.3 is 0 Å². The van der Waals surface area contributed by atoms with E-state index in [2.05, 4.69) is 23.9 Å². The van der Waals surface area contributed by atoms with E-state index in [0.29, 0.717) is 4.77 Å². The molecule has 0 radical (unpaired) electrons. The molecule has 12 heavy (non-hydrogen) atoms. The fraction of sp³-hybridized carbons (Fsp3) is 0.500. The third-order valence-corrected chi connectivity index (χ3v) is 2.06. The summed E-state index contributed by atoms with van der Waals surface area (Å²) in [5.74, 6) is 0. The van der Waals surface area contributed by atoms with E-state index in [0.717, 1.165) is 13.2 Å². The molecule has 3 nitrogen and oxygen atoms in total. The molecule has 0 aromatic carbocycles. The maximum atomic E-state index is 5.04. The molecule has 4 heteroatoms. The molecule has 0 saturated carbocycles. The Hall–Kier alpha value is -0.740. The minimum absolute atomic E-state index is 0.637. The Bertz CT molecular complexity index is 294. The normalized spacial score (nSPS) is 10.6. The largest absolute Gasteiger partial charge is 0.310 e. The highest BCUT2D eigenvalue weighted by molar-refractivity contribution is 7.71. The Morgan fingerprint density at radius 3 is 3.00 bits per heavy atom. The van der Waals surface area contributed by atoms with Crippen LogP contribution in [-0.4, -0.2) is 28.0 Å². The number of hydrogen-bond acceptors (Lipinski definition) is 3. The molecule has 1 aromatic rings. The van der Waals surface area contributed by atoms with Gasteiger partial charge in [0.15, 0.2) is 0 Å². The SMILES string of the molecule is CCN(C)Cn1cccnc1=S. The average Bonchev–Trinajstić information content (AvgIpc) is 2.09. The Labute approximate surface area is 77.7 Å². The number of aromatic nitrogens is 2. The van der Waals surface area contributed by atoms with Crippen molar-refractivity contribution in [3.63, 3.8) is 0 Å². The summed E-state index contributed by atoms with van der Waals surface area (Å²) in [6, 6.07) is 1.89. The zero-order valence-corrected chi connectivity index (χ0v) is 8.21. The van der Waals surface area contributed by atoms with Crippen molar-refractivity contribution in [2.75, 3.05) is 13.6 Å². The Balaban J connectivity index is 2.76. The maximum absolute atomic E-state index is 5.04. The lowest BCUT2D eigenvalue weighted by molar-refractivity contribution is 0.278. The summed E-state index contributed by atoms with van der Waals surface area (Å²) in [6.45, 7) is 3.93. The van der Waals surface area contributed by atoms with Crippen LogP contribution < -0.4 is 0 Å². The van der Waals surface area contributed by atoms with Crippen LogP contribution >= 0.6 is 12.2 Å². The topological polar surface area (TPSA) is 21.1 Å². The molecule has 0 spiro atoms. The molecule has 0 fully saturated rings. The first-order chi connectivity index (χ1) is 5.74. The van der Waals surface area contributed by atoms with Gasteiger partial charge in [-0.2, -0.15) is 0 Å². The maximum Gasteiger partial charge on any atom is 0.200 e. The molecule has 1 rings (SSSR count). The van der Waals surface area contributed by atoms with Crippen molar-refractivity contribution in [1.82, 2.24) is 14.5 Å². The van der Waals surface area contributed by atoms with Gasteiger partial charge in [-0.05, 0) is 31.9 Å². The molecular weight excluding hydrogens is 170 g/mol. The summed E-state index contributed by atoms with van der Waals surface area (Å²) in [6.07, 6.45) is 3.66. The fourth-order valence-corrected chi connectivity index (χ4v) is 1.03. The monoisotopic (exact) mass is 183 g/mol. The Kier molecular flexibility index (Phi) is 3.37.